The van der Waals surface area contributed by atoms with Gasteiger partial charge >= 0.3 is 5.97 Å². The van der Waals surface area contributed by atoms with Gasteiger partial charge in [0.05, 0.1) is 29.0 Å². The second-order valence-corrected chi connectivity index (χ2v) is 8.25. The first-order chi connectivity index (χ1) is 9.30. The van der Waals surface area contributed by atoms with Gasteiger partial charge in [-0.25, -0.2) is 8.42 Å². The molecule has 0 unspecified atom stereocenters. The molecule has 2 heterocycles. The van der Waals surface area contributed by atoms with Crippen molar-refractivity contribution in [1.29, 1.82) is 0 Å². The predicted octanol–water partition coefficient (Wildman–Crippen LogP) is 1.18. The van der Waals surface area contributed by atoms with E-state index in [1.54, 1.807) is 4.68 Å². The number of aryl methyl sites for hydroxylation is 1. The number of carboxylic acid groups (broad SMARTS) is 1. The third-order valence-electron chi connectivity index (χ3n) is 3.50. The number of carbonyl (C=O) groups is 1. The largest absolute Gasteiger partial charge is 0.481 e. The highest BCUT2D eigenvalue weighted by Crippen LogP contribution is 2.28. The minimum absolute atomic E-state index is 0.0574. The highest BCUT2D eigenvalue weighted by atomic mass is 32.2. The van der Waals surface area contributed by atoms with Gasteiger partial charge in [-0.2, -0.15) is 5.10 Å². The number of nitrogens with zero attached hydrogens (tertiary/aromatic N) is 2. The summed E-state index contributed by atoms with van der Waals surface area (Å²) in [5.41, 5.74) is 2.81. The standard InChI is InChI=1S/C12H18N2O4S2/c1-8-11(5-19-6-12(15)16)9(2)14(13-8)10-3-4-20(17,18)7-10/h10H,3-7H2,1-2H3,(H,15,16)/t10-/m1/s1. The molecule has 0 bridgehead atoms. The van der Waals surface area contributed by atoms with Crippen LogP contribution in [-0.2, 0) is 20.4 Å². The lowest BCUT2D eigenvalue weighted by Crippen LogP contribution is -2.14. The molecule has 112 valence electrons. The molecular weight excluding hydrogens is 300 g/mol. The van der Waals surface area contributed by atoms with Crippen LogP contribution >= 0.6 is 11.8 Å². The van der Waals surface area contributed by atoms with Crippen molar-refractivity contribution in [3.05, 3.63) is 17.0 Å². The van der Waals surface area contributed by atoms with Crippen molar-refractivity contribution in [2.45, 2.75) is 32.1 Å². The number of sulfone groups is 1. The number of aromatic nitrogens is 2. The molecule has 20 heavy (non-hydrogen) atoms. The number of carboxylic acids is 1. The molecule has 1 aromatic rings. The summed E-state index contributed by atoms with van der Waals surface area (Å²) in [7, 11) is -2.94. The fourth-order valence-electron chi connectivity index (χ4n) is 2.47. The van der Waals surface area contributed by atoms with Crippen LogP contribution in [-0.4, -0.2) is 46.5 Å². The number of rotatable bonds is 5. The predicted molar refractivity (Wildman–Crippen MR) is 77.8 cm³/mol. The maximum atomic E-state index is 11.6. The van der Waals surface area contributed by atoms with Gasteiger partial charge in [0.15, 0.2) is 9.84 Å². The van der Waals surface area contributed by atoms with Gasteiger partial charge in [-0.05, 0) is 20.3 Å². The van der Waals surface area contributed by atoms with Gasteiger partial charge in [0.1, 0.15) is 0 Å². The Labute approximate surface area is 122 Å². The van der Waals surface area contributed by atoms with E-state index < -0.39 is 15.8 Å². The van der Waals surface area contributed by atoms with Crippen molar-refractivity contribution >= 4 is 27.6 Å². The summed E-state index contributed by atoms with van der Waals surface area (Å²) in [5.74, 6) is 0.181. The Morgan fingerprint density at radius 1 is 1.50 bits per heavy atom. The number of hydrogen-bond acceptors (Lipinski definition) is 5. The minimum atomic E-state index is -2.94. The van der Waals surface area contributed by atoms with Gasteiger partial charge in [-0.1, -0.05) is 0 Å². The first kappa shape index (κ1) is 15.4. The molecule has 1 fully saturated rings. The van der Waals surface area contributed by atoms with E-state index in [-0.39, 0.29) is 23.3 Å². The van der Waals surface area contributed by atoms with Gasteiger partial charge in [0.25, 0.3) is 0 Å². The van der Waals surface area contributed by atoms with Crippen LogP contribution in [0.2, 0.25) is 0 Å². The molecule has 0 aromatic carbocycles. The molecule has 1 aromatic heterocycles. The van der Waals surface area contributed by atoms with E-state index in [1.807, 2.05) is 13.8 Å². The number of aliphatic carboxylic acids is 1. The van der Waals surface area contributed by atoms with Crippen LogP contribution in [0.3, 0.4) is 0 Å². The lowest BCUT2D eigenvalue weighted by Gasteiger charge is -2.11. The Balaban J connectivity index is 2.14. The van der Waals surface area contributed by atoms with E-state index in [0.29, 0.717) is 12.2 Å². The molecule has 1 saturated heterocycles. The molecule has 1 atom stereocenters. The van der Waals surface area contributed by atoms with E-state index in [9.17, 15) is 13.2 Å². The monoisotopic (exact) mass is 318 g/mol. The molecule has 0 saturated carbocycles. The van der Waals surface area contributed by atoms with Crippen molar-refractivity contribution in [2.75, 3.05) is 17.3 Å². The SMILES string of the molecule is Cc1nn([C@@H]2CCS(=O)(=O)C2)c(C)c1CSCC(=O)O. The third-order valence-corrected chi connectivity index (χ3v) is 6.20. The lowest BCUT2D eigenvalue weighted by molar-refractivity contribution is -0.133. The first-order valence-electron chi connectivity index (χ1n) is 6.34. The van der Waals surface area contributed by atoms with Gasteiger partial charge < -0.3 is 5.11 Å². The second kappa shape index (κ2) is 5.77. The molecule has 8 heteroatoms. The van der Waals surface area contributed by atoms with Gasteiger partial charge in [0.2, 0.25) is 0 Å². The van der Waals surface area contributed by atoms with Crippen LogP contribution in [0.4, 0.5) is 0 Å². The normalized spacial score (nSPS) is 21.2. The van der Waals surface area contributed by atoms with Crippen LogP contribution in [0.15, 0.2) is 0 Å². The van der Waals surface area contributed by atoms with E-state index in [2.05, 4.69) is 5.10 Å². The van der Waals surface area contributed by atoms with Crippen molar-refractivity contribution in [3.8, 4) is 0 Å². The molecular formula is C12H18N2O4S2. The second-order valence-electron chi connectivity index (χ2n) is 5.04. The molecule has 0 aliphatic carbocycles. The van der Waals surface area contributed by atoms with Crippen LogP contribution in [0.1, 0.15) is 29.4 Å². The van der Waals surface area contributed by atoms with Gasteiger partial charge in [-0.3, -0.25) is 9.48 Å². The fraction of sp³-hybridized carbons (Fsp3) is 0.667. The fourth-order valence-corrected chi connectivity index (χ4v) is 5.06. The quantitative estimate of drug-likeness (QED) is 0.877. The molecule has 6 nitrogen and oxygen atoms in total. The highest BCUT2D eigenvalue weighted by molar-refractivity contribution is 7.99. The van der Waals surface area contributed by atoms with Crippen LogP contribution < -0.4 is 0 Å². The Morgan fingerprint density at radius 3 is 2.75 bits per heavy atom. The number of thioether (sulfide) groups is 1. The summed E-state index contributed by atoms with van der Waals surface area (Å²) in [6.45, 7) is 3.80. The zero-order valence-corrected chi connectivity index (χ0v) is 13.1. The maximum absolute atomic E-state index is 11.6. The van der Waals surface area contributed by atoms with Gasteiger partial charge in [-0.15, -0.1) is 11.8 Å². The average Bonchev–Trinajstić information content (AvgIpc) is 2.82. The smallest absolute Gasteiger partial charge is 0.313 e. The van der Waals surface area contributed by atoms with Crippen molar-refractivity contribution in [3.63, 3.8) is 0 Å². The molecule has 1 aliphatic rings. The lowest BCUT2D eigenvalue weighted by atomic mass is 10.2. The van der Waals surface area contributed by atoms with E-state index in [0.717, 1.165) is 17.0 Å². The zero-order valence-electron chi connectivity index (χ0n) is 11.5. The van der Waals surface area contributed by atoms with Crippen LogP contribution in [0, 0.1) is 13.8 Å². The average molecular weight is 318 g/mol. The van der Waals surface area contributed by atoms with E-state index >= 15 is 0 Å². The summed E-state index contributed by atoms with van der Waals surface area (Å²) >= 11 is 1.33. The molecule has 0 radical (unpaired) electrons. The Morgan fingerprint density at radius 2 is 2.20 bits per heavy atom. The first-order valence-corrected chi connectivity index (χ1v) is 9.32. The Kier molecular flexibility index (Phi) is 4.43. The number of hydrogen-bond donors (Lipinski definition) is 1. The maximum Gasteiger partial charge on any atom is 0.313 e. The summed E-state index contributed by atoms with van der Waals surface area (Å²) in [5, 5.41) is 13.1. The third kappa shape index (κ3) is 3.35. The summed E-state index contributed by atoms with van der Waals surface area (Å²) < 4.78 is 24.9. The Bertz CT molecular complexity index is 622. The topological polar surface area (TPSA) is 89.3 Å². The minimum Gasteiger partial charge on any atom is -0.481 e. The zero-order chi connectivity index (χ0) is 14.9. The summed E-state index contributed by atoms with van der Waals surface area (Å²) in [6.07, 6.45) is 0.603. The molecule has 0 amide bonds. The Hall–Kier alpha value is -1.02. The molecule has 2 rings (SSSR count). The van der Waals surface area contributed by atoms with Crippen LogP contribution in [0.5, 0.6) is 0 Å². The molecule has 0 spiro atoms. The molecule has 1 N–H and O–H groups in total. The van der Waals surface area contributed by atoms with Crippen molar-refractivity contribution in [1.82, 2.24) is 9.78 Å². The van der Waals surface area contributed by atoms with Crippen LogP contribution in [0.25, 0.3) is 0 Å². The van der Waals surface area contributed by atoms with E-state index in [1.165, 1.54) is 11.8 Å². The molecule has 1 aliphatic heterocycles. The van der Waals surface area contributed by atoms with Crippen molar-refractivity contribution in [2.24, 2.45) is 0 Å². The van der Waals surface area contributed by atoms with E-state index in [4.69, 9.17) is 5.11 Å². The summed E-state index contributed by atoms with van der Waals surface area (Å²) in [6, 6.07) is -0.0862. The highest BCUT2D eigenvalue weighted by Gasteiger charge is 2.31. The summed E-state index contributed by atoms with van der Waals surface area (Å²) in [4.78, 5) is 10.5. The van der Waals surface area contributed by atoms with Gasteiger partial charge in [0, 0.05) is 17.0 Å². The van der Waals surface area contributed by atoms with Crippen molar-refractivity contribution < 1.29 is 18.3 Å².